The average Bonchev–Trinajstić information content (AvgIpc) is 2.93. The Morgan fingerprint density at radius 1 is 1.35 bits per heavy atom. The van der Waals surface area contributed by atoms with Crippen LogP contribution in [0.5, 0.6) is 0 Å². The van der Waals surface area contributed by atoms with Crippen molar-refractivity contribution in [3.05, 3.63) is 17.0 Å². The maximum atomic E-state index is 12.4. The number of carbonyl (C=O) groups is 1. The van der Waals surface area contributed by atoms with Crippen molar-refractivity contribution in [1.82, 2.24) is 15.8 Å². The molecule has 1 amide bonds. The van der Waals surface area contributed by atoms with Crippen molar-refractivity contribution in [1.29, 1.82) is 0 Å². The molecule has 0 spiro atoms. The van der Waals surface area contributed by atoms with Gasteiger partial charge < -0.3 is 15.2 Å². The van der Waals surface area contributed by atoms with E-state index in [0.717, 1.165) is 30.7 Å². The van der Waals surface area contributed by atoms with Gasteiger partial charge in [0.05, 0.1) is 0 Å². The molecule has 0 saturated carbocycles. The first-order valence-corrected chi connectivity index (χ1v) is 8.86. The van der Waals surface area contributed by atoms with Gasteiger partial charge in [-0.2, -0.15) is 0 Å². The molecular weight excluding hydrogens is 290 g/mol. The Morgan fingerprint density at radius 3 is 2.57 bits per heavy atom. The topological polar surface area (TPSA) is 67.2 Å². The van der Waals surface area contributed by atoms with Crippen LogP contribution in [0.4, 0.5) is 0 Å². The summed E-state index contributed by atoms with van der Waals surface area (Å²) < 4.78 is 5.21. The summed E-state index contributed by atoms with van der Waals surface area (Å²) in [5, 5.41) is 10.5. The molecule has 0 aromatic carbocycles. The predicted octanol–water partition coefficient (Wildman–Crippen LogP) is 3.47. The first-order valence-electron chi connectivity index (χ1n) is 8.86. The Morgan fingerprint density at radius 2 is 2.04 bits per heavy atom. The minimum atomic E-state index is -0.147. The zero-order chi connectivity index (χ0) is 17.5. The lowest BCUT2D eigenvalue weighted by Crippen LogP contribution is -2.48. The van der Waals surface area contributed by atoms with E-state index in [1.807, 2.05) is 13.8 Å². The van der Waals surface area contributed by atoms with Crippen molar-refractivity contribution in [3.63, 3.8) is 0 Å². The number of aromatic nitrogens is 1. The van der Waals surface area contributed by atoms with Gasteiger partial charge in [0.15, 0.2) is 5.69 Å². The number of aryl methyl sites for hydroxylation is 1. The van der Waals surface area contributed by atoms with E-state index >= 15 is 0 Å². The lowest BCUT2D eigenvalue weighted by molar-refractivity contribution is 0.0910. The molecule has 2 atom stereocenters. The fraction of sp³-hybridized carbons (Fsp3) is 0.778. The number of hydrogen-bond donors (Lipinski definition) is 2. The fourth-order valence-corrected chi connectivity index (χ4v) is 2.60. The summed E-state index contributed by atoms with van der Waals surface area (Å²) in [6, 6.07) is 0.337. The van der Waals surface area contributed by atoms with E-state index in [-0.39, 0.29) is 11.3 Å². The number of amides is 1. The summed E-state index contributed by atoms with van der Waals surface area (Å²) in [6.07, 6.45) is 4.10. The largest absolute Gasteiger partial charge is 0.360 e. The Bertz CT molecular complexity index is 498. The molecule has 1 aromatic rings. The third-order valence-electron chi connectivity index (χ3n) is 5.04. The normalized spacial score (nSPS) is 15.2. The van der Waals surface area contributed by atoms with Gasteiger partial charge in [-0.15, -0.1) is 0 Å². The highest BCUT2D eigenvalue weighted by Crippen LogP contribution is 2.25. The first kappa shape index (κ1) is 19.7. The molecule has 0 fully saturated rings. The third-order valence-corrected chi connectivity index (χ3v) is 5.04. The Kier molecular flexibility index (Phi) is 7.76. The average molecular weight is 323 g/mol. The monoisotopic (exact) mass is 323 g/mol. The molecule has 0 aliphatic heterocycles. The molecule has 0 radical (unpaired) electrons. The van der Waals surface area contributed by atoms with Gasteiger partial charge in [0.1, 0.15) is 5.76 Å². The quantitative estimate of drug-likeness (QED) is 0.647. The number of unbranched alkanes of at least 4 members (excludes halogenated alkanes) is 1. The van der Waals surface area contributed by atoms with Gasteiger partial charge in [-0.3, -0.25) is 4.79 Å². The summed E-state index contributed by atoms with van der Waals surface area (Å²) in [4.78, 5) is 12.4. The van der Waals surface area contributed by atoms with Gasteiger partial charge in [0, 0.05) is 24.6 Å². The second-order valence-electron chi connectivity index (χ2n) is 6.65. The SMILES string of the molecule is CCCCNC(C)C(C)(CC)CNC(=O)c1noc(CC)c1C. The zero-order valence-corrected chi connectivity index (χ0v) is 15.6. The molecule has 0 saturated heterocycles. The third kappa shape index (κ3) is 5.06. The van der Waals surface area contributed by atoms with Crippen LogP contribution < -0.4 is 10.6 Å². The molecule has 2 N–H and O–H groups in total. The summed E-state index contributed by atoms with van der Waals surface area (Å²) >= 11 is 0. The van der Waals surface area contributed by atoms with Crippen LogP contribution in [-0.2, 0) is 6.42 Å². The number of hydrogen-bond acceptors (Lipinski definition) is 4. The van der Waals surface area contributed by atoms with Crippen molar-refractivity contribution in [2.45, 2.75) is 73.3 Å². The van der Waals surface area contributed by atoms with Gasteiger partial charge in [-0.25, -0.2) is 0 Å². The standard InChI is InChI=1S/C18H33N3O2/c1-7-10-11-19-14(5)18(6,9-3)12-20-17(22)16-13(4)15(8-2)23-21-16/h14,19H,7-12H2,1-6H3,(H,20,22). The maximum absolute atomic E-state index is 12.4. The van der Waals surface area contributed by atoms with Crippen molar-refractivity contribution < 1.29 is 9.32 Å². The van der Waals surface area contributed by atoms with E-state index in [4.69, 9.17) is 4.52 Å². The number of carbonyl (C=O) groups excluding carboxylic acids is 1. The van der Waals surface area contributed by atoms with E-state index in [9.17, 15) is 4.79 Å². The summed E-state index contributed by atoms with van der Waals surface area (Å²) in [6.45, 7) is 14.3. The van der Waals surface area contributed by atoms with E-state index in [2.05, 4.69) is 43.5 Å². The Labute approximate surface area is 140 Å². The van der Waals surface area contributed by atoms with Crippen molar-refractivity contribution >= 4 is 5.91 Å². The zero-order valence-electron chi connectivity index (χ0n) is 15.6. The van der Waals surface area contributed by atoms with Crippen LogP contribution in [0.1, 0.15) is 75.7 Å². The van der Waals surface area contributed by atoms with E-state index in [1.54, 1.807) is 0 Å². The minimum Gasteiger partial charge on any atom is -0.360 e. The lowest BCUT2D eigenvalue weighted by atomic mass is 9.80. The second kappa shape index (κ2) is 9.06. The summed E-state index contributed by atoms with van der Waals surface area (Å²) in [7, 11) is 0. The highest BCUT2D eigenvalue weighted by Gasteiger charge is 2.30. The molecule has 0 aliphatic rings. The molecule has 132 valence electrons. The molecule has 0 bridgehead atoms. The van der Waals surface area contributed by atoms with Gasteiger partial charge in [-0.1, -0.05) is 39.3 Å². The lowest BCUT2D eigenvalue weighted by Gasteiger charge is -2.35. The van der Waals surface area contributed by atoms with E-state index < -0.39 is 0 Å². The van der Waals surface area contributed by atoms with Crippen LogP contribution >= 0.6 is 0 Å². The van der Waals surface area contributed by atoms with Crippen molar-refractivity contribution in [2.24, 2.45) is 5.41 Å². The number of rotatable bonds is 10. The summed E-state index contributed by atoms with van der Waals surface area (Å²) in [5.41, 5.74) is 1.26. The number of nitrogens with zero attached hydrogens (tertiary/aromatic N) is 1. The highest BCUT2D eigenvalue weighted by atomic mass is 16.5. The molecule has 0 aliphatic carbocycles. The van der Waals surface area contributed by atoms with Crippen LogP contribution in [0.25, 0.3) is 0 Å². The molecule has 2 unspecified atom stereocenters. The predicted molar refractivity (Wildman–Crippen MR) is 93.7 cm³/mol. The minimum absolute atomic E-state index is 0.00856. The smallest absolute Gasteiger partial charge is 0.273 e. The maximum Gasteiger partial charge on any atom is 0.273 e. The fourth-order valence-electron chi connectivity index (χ4n) is 2.60. The molecule has 1 rings (SSSR count). The van der Waals surface area contributed by atoms with E-state index in [0.29, 0.717) is 18.3 Å². The molecule has 5 nitrogen and oxygen atoms in total. The Balaban J connectivity index is 2.64. The summed E-state index contributed by atoms with van der Waals surface area (Å²) in [5.74, 6) is 0.634. The van der Waals surface area contributed by atoms with Gasteiger partial charge in [0.2, 0.25) is 0 Å². The van der Waals surface area contributed by atoms with Crippen LogP contribution in [-0.4, -0.2) is 30.2 Å². The molecule has 23 heavy (non-hydrogen) atoms. The number of nitrogens with one attached hydrogen (secondary N) is 2. The second-order valence-corrected chi connectivity index (χ2v) is 6.65. The first-order chi connectivity index (χ1) is 10.9. The van der Waals surface area contributed by atoms with Crippen molar-refractivity contribution in [3.8, 4) is 0 Å². The van der Waals surface area contributed by atoms with Crippen LogP contribution in [0.3, 0.4) is 0 Å². The molecule has 1 aromatic heterocycles. The van der Waals surface area contributed by atoms with Crippen molar-refractivity contribution in [2.75, 3.05) is 13.1 Å². The van der Waals surface area contributed by atoms with Gasteiger partial charge >= 0.3 is 0 Å². The van der Waals surface area contributed by atoms with Gasteiger partial charge in [-0.05, 0) is 38.6 Å². The highest BCUT2D eigenvalue weighted by molar-refractivity contribution is 5.93. The Hall–Kier alpha value is -1.36. The molecular formula is C18H33N3O2. The van der Waals surface area contributed by atoms with E-state index in [1.165, 1.54) is 12.8 Å². The van der Waals surface area contributed by atoms with Crippen LogP contribution in [0.2, 0.25) is 0 Å². The van der Waals surface area contributed by atoms with Crippen LogP contribution in [0.15, 0.2) is 4.52 Å². The van der Waals surface area contributed by atoms with Crippen LogP contribution in [0, 0.1) is 12.3 Å². The molecule has 1 heterocycles. The van der Waals surface area contributed by atoms with Gasteiger partial charge in [0.25, 0.3) is 5.91 Å². The molecule has 5 heteroatoms.